The lowest BCUT2D eigenvalue weighted by atomic mass is 9.74. The molecule has 2 N–H and O–H groups in total. The Morgan fingerprint density at radius 1 is 1.15 bits per heavy atom. The second kappa shape index (κ2) is 12.4. The highest BCUT2D eigenvalue weighted by Gasteiger charge is 2.74. The molecule has 0 radical (unpaired) electrons. The minimum absolute atomic E-state index is 0.0889. The third-order valence-corrected chi connectivity index (χ3v) is 9.10. The van der Waals surface area contributed by atoms with Gasteiger partial charge in [-0.15, -0.1) is 0 Å². The third kappa shape index (κ3) is 5.32. The summed E-state index contributed by atoms with van der Waals surface area (Å²) in [6.45, 7) is 9.83. The van der Waals surface area contributed by atoms with Crippen LogP contribution in [0.3, 0.4) is 0 Å². The molecule has 4 aliphatic rings. The molecule has 3 amide bonds. The lowest BCUT2D eigenvalue weighted by Gasteiger charge is -2.41. The van der Waals surface area contributed by atoms with Gasteiger partial charge in [-0.1, -0.05) is 57.9 Å². The van der Waals surface area contributed by atoms with Crippen LogP contribution in [0.15, 0.2) is 24.3 Å². The number of ether oxygens (including phenoxy) is 2. The normalized spacial score (nSPS) is 35.8. The Bertz CT molecular complexity index is 1040. The van der Waals surface area contributed by atoms with E-state index in [4.69, 9.17) is 9.47 Å². The number of aliphatic hydroxyl groups excluding tert-OH is 1. The summed E-state index contributed by atoms with van der Waals surface area (Å²) in [5.41, 5.74) is -1.33. The minimum Gasteiger partial charge on any atom is -0.460 e. The number of nitrogens with zero attached hydrogens (tertiary/aromatic N) is 2. The molecule has 1 unspecified atom stereocenters. The van der Waals surface area contributed by atoms with E-state index in [1.807, 2.05) is 32.9 Å². The number of carbonyl (C=O) groups excluding carboxylic acids is 4. The molecule has 40 heavy (non-hydrogen) atoms. The molecule has 4 heterocycles. The Labute approximate surface area is 237 Å². The van der Waals surface area contributed by atoms with Crippen molar-refractivity contribution >= 4 is 23.7 Å². The number of cyclic esters (lactones) is 1. The van der Waals surface area contributed by atoms with Crippen LogP contribution in [0.5, 0.6) is 0 Å². The monoisotopic (exact) mass is 559 g/mol. The summed E-state index contributed by atoms with van der Waals surface area (Å²) in [5.74, 6) is -3.34. The largest absolute Gasteiger partial charge is 0.460 e. The predicted octanol–water partition coefficient (Wildman–Crippen LogP) is 1.96. The number of aliphatic hydroxyl groups is 1. The summed E-state index contributed by atoms with van der Waals surface area (Å²) in [6.07, 6.45) is 9.13. The fraction of sp³-hybridized carbons (Fsp3) is 0.733. The van der Waals surface area contributed by atoms with E-state index in [9.17, 15) is 24.3 Å². The maximum Gasteiger partial charge on any atom is 0.313 e. The fourth-order valence-electron chi connectivity index (χ4n) is 6.73. The Morgan fingerprint density at radius 3 is 2.58 bits per heavy atom. The molecule has 4 aliphatic heterocycles. The van der Waals surface area contributed by atoms with Crippen molar-refractivity contribution in [2.45, 2.75) is 103 Å². The minimum atomic E-state index is -1.33. The molecule has 10 heteroatoms. The molecule has 0 saturated carbocycles. The number of carbonyl (C=O) groups is 4. The smallest absolute Gasteiger partial charge is 0.313 e. The number of hydrogen-bond donors (Lipinski definition) is 2. The van der Waals surface area contributed by atoms with Crippen LogP contribution in [0.2, 0.25) is 0 Å². The molecule has 10 nitrogen and oxygen atoms in total. The first-order valence-electron chi connectivity index (χ1n) is 14.8. The summed E-state index contributed by atoms with van der Waals surface area (Å²) in [5, 5.41) is 13.3. The number of allylic oxidation sites excluding steroid dienone is 1. The summed E-state index contributed by atoms with van der Waals surface area (Å²) < 4.78 is 12.2. The van der Waals surface area contributed by atoms with E-state index in [1.54, 1.807) is 24.0 Å². The van der Waals surface area contributed by atoms with Crippen molar-refractivity contribution in [3.8, 4) is 0 Å². The average molecular weight is 560 g/mol. The number of fused-ring (bicyclic) bond motifs is 2. The maximum absolute atomic E-state index is 14.6. The van der Waals surface area contributed by atoms with Crippen LogP contribution in [0.25, 0.3) is 0 Å². The summed E-state index contributed by atoms with van der Waals surface area (Å²) in [4.78, 5) is 58.1. The standard InChI is InChI=1S/C30H45N3O7/c1-6-11-19(4)32-15-10-8-9-12-23(35)31-16-20(5)39-29(38)24-22-13-14-30(40-22)25(24)27(36)33(26(30)28(32)37)21(17-34)18(3)7-2/h8,10,13-14,18-22,24-26,34H,6-7,9,11-12,15-17H2,1-5H3,(H,31,35)/b10-8-/t18-,19?,20+,21-,22-,24+,25+,26-,30+/m0/s1. The van der Waals surface area contributed by atoms with Gasteiger partial charge in [-0.3, -0.25) is 19.2 Å². The number of amides is 3. The molecule has 4 rings (SSSR count). The molecule has 1 spiro atoms. The first-order chi connectivity index (χ1) is 19.1. The van der Waals surface area contributed by atoms with E-state index >= 15 is 0 Å². The number of nitrogens with one attached hydrogen (secondary N) is 1. The molecule has 9 atom stereocenters. The van der Waals surface area contributed by atoms with Gasteiger partial charge in [-0.05, 0) is 32.6 Å². The van der Waals surface area contributed by atoms with Crippen molar-refractivity contribution in [1.29, 1.82) is 0 Å². The van der Waals surface area contributed by atoms with Crippen molar-refractivity contribution in [3.63, 3.8) is 0 Å². The van der Waals surface area contributed by atoms with Crippen LogP contribution in [-0.4, -0.2) is 94.2 Å². The van der Waals surface area contributed by atoms with Crippen LogP contribution < -0.4 is 5.32 Å². The highest BCUT2D eigenvalue weighted by Crippen LogP contribution is 2.56. The van der Waals surface area contributed by atoms with Crippen LogP contribution in [0.1, 0.15) is 66.7 Å². The zero-order valence-electron chi connectivity index (χ0n) is 24.4. The number of esters is 1. The van der Waals surface area contributed by atoms with Crippen LogP contribution in [0.4, 0.5) is 0 Å². The Hall–Kier alpha value is -2.72. The molecule has 222 valence electrons. The maximum atomic E-state index is 14.6. The van der Waals surface area contributed by atoms with E-state index in [0.717, 1.165) is 12.8 Å². The summed E-state index contributed by atoms with van der Waals surface area (Å²) in [6, 6.07) is -1.77. The van der Waals surface area contributed by atoms with E-state index in [-0.39, 0.29) is 49.3 Å². The van der Waals surface area contributed by atoms with Crippen molar-refractivity contribution in [2.75, 3.05) is 19.7 Å². The van der Waals surface area contributed by atoms with E-state index in [2.05, 4.69) is 12.2 Å². The Kier molecular flexibility index (Phi) is 9.40. The van der Waals surface area contributed by atoms with E-state index in [1.165, 1.54) is 4.90 Å². The van der Waals surface area contributed by atoms with Gasteiger partial charge in [-0.25, -0.2) is 0 Å². The van der Waals surface area contributed by atoms with Crippen molar-refractivity contribution in [1.82, 2.24) is 15.1 Å². The second-order valence-corrected chi connectivity index (χ2v) is 11.8. The van der Waals surface area contributed by atoms with Crippen LogP contribution in [0, 0.1) is 17.8 Å². The Balaban J connectivity index is 1.83. The Morgan fingerprint density at radius 2 is 1.90 bits per heavy atom. The molecule has 0 aliphatic carbocycles. The van der Waals surface area contributed by atoms with Gasteiger partial charge < -0.3 is 29.7 Å². The van der Waals surface area contributed by atoms with Gasteiger partial charge in [0.2, 0.25) is 17.7 Å². The fourth-order valence-corrected chi connectivity index (χ4v) is 6.73. The molecular formula is C30H45N3O7. The lowest BCUT2D eigenvalue weighted by Crippen LogP contribution is -2.60. The van der Waals surface area contributed by atoms with E-state index in [0.29, 0.717) is 19.4 Å². The van der Waals surface area contributed by atoms with Gasteiger partial charge in [0.25, 0.3) is 0 Å². The zero-order valence-corrected chi connectivity index (χ0v) is 24.4. The number of hydrogen-bond acceptors (Lipinski definition) is 7. The third-order valence-electron chi connectivity index (χ3n) is 9.10. The first kappa shape index (κ1) is 30.2. The van der Waals surface area contributed by atoms with Gasteiger partial charge in [0.15, 0.2) is 0 Å². The molecule has 0 aromatic heterocycles. The lowest BCUT2D eigenvalue weighted by molar-refractivity contribution is -0.160. The topological polar surface area (TPSA) is 125 Å². The van der Waals surface area contributed by atoms with Gasteiger partial charge in [0.05, 0.1) is 31.2 Å². The van der Waals surface area contributed by atoms with Gasteiger partial charge in [0, 0.05) is 19.0 Å². The quantitative estimate of drug-likeness (QED) is 0.361. The molecule has 0 aromatic rings. The summed E-state index contributed by atoms with van der Waals surface area (Å²) in [7, 11) is 0. The first-order valence-corrected chi connectivity index (χ1v) is 14.8. The van der Waals surface area contributed by atoms with Gasteiger partial charge in [0.1, 0.15) is 23.7 Å². The van der Waals surface area contributed by atoms with Gasteiger partial charge >= 0.3 is 5.97 Å². The molecule has 2 fully saturated rings. The second-order valence-electron chi connectivity index (χ2n) is 11.8. The highest BCUT2D eigenvalue weighted by molar-refractivity contribution is 5.99. The highest BCUT2D eigenvalue weighted by atomic mass is 16.6. The predicted molar refractivity (Wildman–Crippen MR) is 148 cm³/mol. The average Bonchev–Trinajstić information content (AvgIpc) is 3.56. The molecule has 2 saturated heterocycles. The number of rotatable bonds is 7. The van der Waals surface area contributed by atoms with Crippen molar-refractivity contribution in [3.05, 3.63) is 24.3 Å². The van der Waals surface area contributed by atoms with E-state index < -0.39 is 47.7 Å². The zero-order chi connectivity index (χ0) is 29.2. The van der Waals surface area contributed by atoms with Gasteiger partial charge in [-0.2, -0.15) is 0 Å². The van der Waals surface area contributed by atoms with Crippen molar-refractivity contribution in [2.24, 2.45) is 17.8 Å². The summed E-state index contributed by atoms with van der Waals surface area (Å²) >= 11 is 0. The SMILES string of the molecule is CCCC(C)N1C/C=C\CCC(=O)NC[C@@H](C)OC(=O)[C@@H]2[C@@H]3C=C[C@]4(O3)[C@H](C1=O)N([C@@H](CO)[C@@H](C)CC)C(=O)[C@@H]24. The van der Waals surface area contributed by atoms with Crippen LogP contribution in [-0.2, 0) is 28.7 Å². The van der Waals surface area contributed by atoms with Crippen molar-refractivity contribution < 1.29 is 33.8 Å². The molecule has 5 bridgehead atoms. The molecule has 0 aromatic carbocycles. The molecular weight excluding hydrogens is 514 g/mol. The number of likely N-dealkylation sites (tertiary alicyclic amines) is 1. The van der Waals surface area contributed by atoms with Crippen LogP contribution >= 0.6 is 0 Å².